The lowest BCUT2D eigenvalue weighted by atomic mass is 10.00. The van der Waals surface area contributed by atoms with Gasteiger partial charge in [0.05, 0.1) is 23.2 Å². The third-order valence-electron chi connectivity index (χ3n) is 6.29. The highest BCUT2D eigenvalue weighted by molar-refractivity contribution is 7.05. The van der Waals surface area contributed by atoms with Crippen molar-refractivity contribution in [1.82, 2.24) is 14.3 Å². The number of likely N-dealkylation sites (tertiary alicyclic amines) is 1. The number of nitrogens with zero attached hydrogens (tertiary/aromatic N) is 4. The van der Waals surface area contributed by atoms with E-state index in [1.54, 1.807) is 11.5 Å². The average Bonchev–Trinajstić information content (AvgIpc) is 3.44. The molecule has 28 heavy (non-hydrogen) atoms. The predicted octanol–water partition coefficient (Wildman–Crippen LogP) is 4.17. The quantitative estimate of drug-likeness (QED) is 0.729. The topological polar surface area (TPSA) is 41.5 Å². The number of hydrogen-bond donors (Lipinski definition) is 0. The van der Waals surface area contributed by atoms with Gasteiger partial charge in [-0.1, -0.05) is 23.7 Å². The predicted molar refractivity (Wildman–Crippen MR) is 113 cm³/mol. The van der Waals surface area contributed by atoms with Gasteiger partial charge in [0.2, 0.25) is 0 Å². The fourth-order valence-electron chi connectivity index (χ4n) is 4.79. The van der Waals surface area contributed by atoms with Crippen LogP contribution in [0, 0.1) is 5.92 Å². The summed E-state index contributed by atoms with van der Waals surface area (Å²) < 4.78 is 10.3. The standard InChI is InChI=1S/C21H27ClN4OS/c22-18-5-3-4-16-17(13-26(20(16)18)12-15-6-10-27-11-7-15)21-23-19(28-24-21)14-25-8-1-2-9-25/h3-5,15,17H,1-2,6-14H2. The van der Waals surface area contributed by atoms with E-state index in [-0.39, 0.29) is 5.92 Å². The van der Waals surface area contributed by atoms with Gasteiger partial charge in [0, 0.05) is 26.3 Å². The summed E-state index contributed by atoms with van der Waals surface area (Å²) in [5.74, 6) is 1.86. The summed E-state index contributed by atoms with van der Waals surface area (Å²) in [6.45, 7) is 7.05. The van der Waals surface area contributed by atoms with Crippen LogP contribution in [0.3, 0.4) is 0 Å². The van der Waals surface area contributed by atoms with E-state index in [4.69, 9.17) is 25.7 Å². The van der Waals surface area contributed by atoms with Crippen molar-refractivity contribution in [1.29, 1.82) is 0 Å². The molecule has 1 aromatic heterocycles. The highest BCUT2D eigenvalue weighted by atomic mass is 35.5. The van der Waals surface area contributed by atoms with Crippen LogP contribution in [0.15, 0.2) is 18.2 Å². The molecule has 1 aromatic carbocycles. The van der Waals surface area contributed by atoms with Crippen LogP contribution in [0.4, 0.5) is 5.69 Å². The van der Waals surface area contributed by atoms with Crippen LogP contribution in [0.2, 0.25) is 5.02 Å². The lowest BCUT2D eigenvalue weighted by Crippen LogP contribution is -2.32. The zero-order valence-electron chi connectivity index (χ0n) is 16.1. The zero-order valence-corrected chi connectivity index (χ0v) is 17.7. The molecule has 5 rings (SSSR count). The second-order valence-electron chi connectivity index (χ2n) is 8.22. The molecule has 3 aliphatic heterocycles. The van der Waals surface area contributed by atoms with Crippen LogP contribution in [0.1, 0.15) is 48.0 Å². The van der Waals surface area contributed by atoms with Gasteiger partial charge in [-0.3, -0.25) is 4.90 Å². The molecule has 2 fully saturated rings. The number of anilines is 1. The molecule has 4 heterocycles. The minimum Gasteiger partial charge on any atom is -0.381 e. The van der Waals surface area contributed by atoms with Gasteiger partial charge in [-0.25, -0.2) is 4.98 Å². The Morgan fingerprint density at radius 3 is 2.82 bits per heavy atom. The van der Waals surface area contributed by atoms with Crippen molar-refractivity contribution < 1.29 is 4.74 Å². The highest BCUT2D eigenvalue weighted by Gasteiger charge is 2.35. The van der Waals surface area contributed by atoms with E-state index >= 15 is 0 Å². The molecule has 0 radical (unpaired) electrons. The summed E-state index contributed by atoms with van der Waals surface area (Å²) in [5.41, 5.74) is 2.47. The maximum atomic E-state index is 6.64. The molecule has 0 bridgehead atoms. The molecule has 3 aliphatic rings. The third-order valence-corrected chi connectivity index (χ3v) is 7.30. The number of halogens is 1. The molecular formula is C21H27ClN4OS. The Bertz CT molecular complexity index is 816. The van der Waals surface area contributed by atoms with Gasteiger partial charge in [-0.05, 0) is 67.9 Å². The van der Waals surface area contributed by atoms with Gasteiger partial charge >= 0.3 is 0 Å². The van der Waals surface area contributed by atoms with Crippen LogP contribution >= 0.6 is 23.1 Å². The lowest BCUT2D eigenvalue weighted by molar-refractivity contribution is 0.0683. The Hall–Kier alpha value is -1.21. The molecule has 7 heteroatoms. The number of hydrogen-bond acceptors (Lipinski definition) is 6. The minimum atomic E-state index is 0.220. The molecule has 2 saturated heterocycles. The number of fused-ring (bicyclic) bond motifs is 1. The van der Waals surface area contributed by atoms with Crippen molar-refractivity contribution >= 4 is 28.8 Å². The Morgan fingerprint density at radius 2 is 2.00 bits per heavy atom. The van der Waals surface area contributed by atoms with Gasteiger partial charge in [0.15, 0.2) is 5.82 Å². The smallest absolute Gasteiger partial charge is 0.151 e. The molecule has 5 nitrogen and oxygen atoms in total. The van der Waals surface area contributed by atoms with Crippen molar-refractivity contribution in [3.8, 4) is 0 Å². The summed E-state index contributed by atoms with van der Waals surface area (Å²) in [5, 5.41) is 1.99. The minimum absolute atomic E-state index is 0.220. The first-order chi connectivity index (χ1) is 13.8. The van der Waals surface area contributed by atoms with Crippen molar-refractivity contribution in [2.24, 2.45) is 5.92 Å². The molecule has 0 aliphatic carbocycles. The normalized spacial score (nSPS) is 23.5. The summed E-state index contributed by atoms with van der Waals surface area (Å²) in [6.07, 6.45) is 4.88. The summed E-state index contributed by atoms with van der Waals surface area (Å²) >= 11 is 8.21. The van der Waals surface area contributed by atoms with Gasteiger partial charge in [0.1, 0.15) is 5.01 Å². The second-order valence-corrected chi connectivity index (χ2v) is 9.46. The van der Waals surface area contributed by atoms with Crippen molar-refractivity contribution in [2.45, 2.75) is 38.1 Å². The van der Waals surface area contributed by atoms with E-state index < -0.39 is 0 Å². The van der Waals surface area contributed by atoms with E-state index in [1.165, 1.54) is 37.2 Å². The number of ether oxygens (including phenoxy) is 1. The maximum Gasteiger partial charge on any atom is 0.151 e. The van der Waals surface area contributed by atoms with Crippen LogP contribution in [0.5, 0.6) is 0 Å². The Balaban J connectivity index is 1.36. The summed E-state index contributed by atoms with van der Waals surface area (Å²) in [7, 11) is 0. The molecule has 0 spiro atoms. The van der Waals surface area contributed by atoms with Crippen LogP contribution < -0.4 is 4.90 Å². The molecule has 0 amide bonds. The maximum absolute atomic E-state index is 6.64. The van der Waals surface area contributed by atoms with Crippen LogP contribution in [0.25, 0.3) is 0 Å². The fraction of sp³-hybridized carbons (Fsp3) is 0.619. The van der Waals surface area contributed by atoms with Crippen molar-refractivity contribution in [3.05, 3.63) is 39.6 Å². The molecule has 2 aromatic rings. The largest absolute Gasteiger partial charge is 0.381 e. The van der Waals surface area contributed by atoms with Crippen molar-refractivity contribution in [3.63, 3.8) is 0 Å². The average molecular weight is 419 g/mol. The van der Waals surface area contributed by atoms with E-state index in [1.807, 2.05) is 6.07 Å². The summed E-state index contributed by atoms with van der Waals surface area (Å²) in [6, 6.07) is 6.27. The second kappa shape index (κ2) is 8.27. The fourth-order valence-corrected chi connectivity index (χ4v) is 5.83. The SMILES string of the molecule is Clc1cccc2c1N(CC1CCOCC1)CC2c1nsc(CN2CCCC2)n1. The van der Waals surface area contributed by atoms with E-state index in [0.717, 1.165) is 61.5 Å². The Kier molecular flexibility index (Phi) is 5.55. The van der Waals surface area contributed by atoms with E-state index in [2.05, 4.69) is 21.9 Å². The van der Waals surface area contributed by atoms with E-state index in [0.29, 0.717) is 5.92 Å². The van der Waals surface area contributed by atoms with Crippen molar-refractivity contribution in [2.75, 3.05) is 44.3 Å². The first-order valence-corrected chi connectivity index (χ1v) is 11.6. The highest BCUT2D eigenvalue weighted by Crippen LogP contribution is 2.44. The van der Waals surface area contributed by atoms with Gasteiger partial charge in [-0.15, -0.1) is 0 Å². The molecule has 0 N–H and O–H groups in total. The van der Waals surface area contributed by atoms with Gasteiger partial charge < -0.3 is 9.64 Å². The van der Waals surface area contributed by atoms with Gasteiger partial charge in [0.25, 0.3) is 0 Å². The van der Waals surface area contributed by atoms with Gasteiger partial charge in [-0.2, -0.15) is 4.37 Å². The first kappa shape index (κ1) is 18.8. The molecule has 1 unspecified atom stereocenters. The number of benzene rings is 1. The monoisotopic (exact) mass is 418 g/mol. The summed E-state index contributed by atoms with van der Waals surface area (Å²) in [4.78, 5) is 9.90. The Morgan fingerprint density at radius 1 is 1.18 bits per heavy atom. The zero-order chi connectivity index (χ0) is 18.9. The molecule has 1 atom stereocenters. The molecule has 0 saturated carbocycles. The van der Waals surface area contributed by atoms with E-state index in [9.17, 15) is 0 Å². The lowest BCUT2D eigenvalue weighted by Gasteiger charge is -2.29. The third kappa shape index (κ3) is 3.80. The number of para-hydroxylation sites is 1. The first-order valence-electron chi connectivity index (χ1n) is 10.4. The number of aromatic nitrogens is 2. The molecular weight excluding hydrogens is 392 g/mol. The van der Waals surface area contributed by atoms with Crippen LogP contribution in [-0.2, 0) is 11.3 Å². The Labute approximate surface area is 175 Å². The number of rotatable bonds is 5. The molecule has 150 valence electrons. The van der Waals surface area contributed by atoms with Crippen LogP contribution in [-0.4, -0.2) is 53.7 Å².